The van der Waals surface area contributed by atoms with Crippen LogP contribution in [-0.2, 0) is 0 Å². The molecule has 68 valence electrons. The van der Waals surface area contributed by atoms with Gasteiger partial charge in [-0.25, -0.2) is 4.98 Å². The van der Waals surface area contributed by atoms with Gasteiger partial charge in [0, 0.05) is 0 Å². The molecular formula is C8H16N4. The summed E-state index contributed by atoms with van der Waals surface area (Å²) in [5.74, 6) is 1.56. The van der Waals surface area contributed by atoms with Crippen molar-refractivity contribution in [1.82, 2.24) is 20.5 Å². The molecule has 1 aromatic heterocycles. The lowest BCUT2D eigenvalue weighted by Gasteiger charge is -2.12. The van der Waals surface area contributed by atoms with Crippen molar-refractivity contribution in [3.63, 3.8) is 0 Å². The lowest BCUT2D eigenvalue weighted by molar-refractivity contribution is 0.482. The maximum Gasteiger partial charge on any atom is 0.141 e. The fourth-order valence-electron chi connectivity index (χ4n) is 0.933. The number of nitrogens with zero attached hydrogens (tertiary/aromatic N) is 2. The summed E-state index contributed by atoms with van der Waals surface area (Å²) in [6, 6.07) is 0.259. The Morgan fingerprint density at radius 1 is 1.50 bits per heavy atom. The van der Waals surface area contributed by atoms with Gasteiger partial charge in [-0.3, -0.25) is 5.10 Å². The summed E-state index contributed by atoms with van der Waals surface area (Å²) in [6.45, 7) is 7.44. The minimum Gasteiger partial charge on any atom is -0.307 e. The summed E-state index contributed by atoms with van der Waals surface area (Å²) in [7, 11) is 0. The first kappa shape index (κ1) is 9.19. The Morgan fingerprint density at radius 2 is 2.25 bits per heavy atom. The van der Waals surface area contributed by atoms with Gasteiger partial charge in [-0.15, -0.1) is 0 Å². The van der Waals surface area contributed by atoms with Crippen molar-refractivity contribution in [3.05, 3.63) is 12.2 Å². The highest BCUT2D eigenvalue weighted by molar-refractivity contribution is 4.88. The van der Waals surface area contributed by atoms with Crippen LogP contribution in [0.1, 0.15) is 32.6 Å². The standard InChI is InChI=1S/C8H16N4/c1-6(2)4-9-7(3)8-10-5-11-12-8/h5-7,9H,4H2,1-3H3,(H,10,11,12). The minimum absolute atomic E-state index is 0.259. The molecule has 0 spiro atoms. The smallest absolute Gasteiger partial charge is 0.141 e. The first-order valence-electron chi connectivity index (χ1n) is 4.28. The Hall–Kier alpha value is -0.900. The van der Waals surface area contributed by atoms with E-state index in [0.29, 0.717) is 5.92 Å². The van der Waals surface area contributed by atoms with Crippen molar-refractivity contribution in [3.8, 4) is 0 Å². The molecule has 0 aromatic carbocycles. The maximum absolute atomic E-state index is 4.06. The first-order chi connectivity index (χ1) is 5.70. The predicted octanol–water partition coefficient (Wildman–Crippen LogP) is 1.11. The van der Waals surface area contributed by atoms with Crippen molar-refractivity contribution in [2.45, 2.75) is 26.8 Å². The highest BCUT2D eigenvalue weighted by Crippen LogP contribution is 2.04. The molecule has 12 heavy (non-hydrogen) atoms. The SMILES string of the molecule is CC(C)CNC(C)c1ncn[nH]1. The number of H-pyrrole nitrogens is 1. The van der Waals surface area contributed by atoms with E-state index in [1.807, 2.05) is 0 Å². The molecule has 4 heteroatoms. The largest absolute Gasteiger partial charge is 0.307 e. The lowest BCUT2D eigenvalue weighted by atomic mass is 10.2. The van der Waals surface area contributed by atoms with E-state index in [2.05, 4.69) is 41.3 Å². The van der Waals surface area contributed by atoms with Crippen LogP contribution in [0.3, 0.4) is 0 Å². The fourth-order valence-corrected chi connectivity index (χ4v) is 0.933. The number of hydrogen-bond donors (Lipinski definition) is 2. The molecule has 0 bridgehead atoms. The summed E-state index contributed by atoms with van der Waals surface area (Å²) >= 11 is 0. The zero-order chi connectivity index (χ0) is 8.97. The van der Waals surface area contributed by atoms with Crippen molar-refractivity contribution in [2.75, 3.05) is 6.54 Å². The second-order valence-electron chi connectivity index (χ2n) is 3.39. The van der Waals surface area contributed by atoms with Gasteiger partial charge in [0.15, 0.2) is 0 Å². The second-order valence-corrected chi connectivity index (χ2v) is 3.39. The first-order valence-corrected chi connectivity index (χ1v) is 4.28. The third-order valence-electron chi connectivity index (χ3n) is 1.68. The number of rotatable bonds is 4. The van der Waals surface area contributed by atoms with Gasteiger partial charge in [-0.05, 0) is 19.4 Å². The van der Waals surface area contributed by atoms with Crippen LogP contribution in [0.2, 0.25) is 0 Å². The van der Waals surface area contributed by atoms with Gasteiger partial charge in [-0.2, -0.15) is 5.10 Å². The van der Waals surface area contributed by atoms with E-state index in [1.165, 1.54) is 6.33 Å². The van der Waals surface area contributed by atoms with Crippen molar-refractivity contribution in [1.29, 1.82) is 0 Å². The molecule has 1 atom stereocenters. The van der Waals surface area contributed by atoms with Gasteiger partial charge < -0.3 is 5.32 Å². The normalized spacial score (nSPS) is 13.7. The van der Waals surface area contributed by atoms with Gasteiger partial charge in [0.25, 0.3) is 0 Å². The van der Waals surface area contributed by atoms with Crippen LogP contribution < -0.4 is 5.32 Å². The Bertz CT molecular complexity index is 205. The molecule has 0 saturated heterocycles. The molecule has 0 radical (unpaired) electrons. The van der Waals surface area contributed by atoms with Gasteiger partial charge >= 0.3 is 0 Å². The Morgan fingerprint density at radius 3 is 2.75 bits per heavy atom. The highest BCUT2D eigenvalue weighted by Gasteiger charge is 2.06. The molecule has 1 unspecified atom stereocenters. The van der Waals surface area contributed by atoms with E-state index < -0.39 is 0 Å². The van der Waals surface area contributed by atoms with Crippen LogP contribution in [0, 0.1) is 5.92 Å². The lowest BCUT2D eigenvalue weighted by Crippen LogP contribution is -2.24. The zero-order valence-corrected chi connectivity index (χ0v) is 7.83. The van der Waals surface area contributed by atoms with E-state index in [0.717, 1.165) is 12.4 Å². The maximum atomic E-state index is 4.06. The fraction of sp³-hybridized carbons (Fsp3) is 0.750. The summed E-state index contributed by atoms with van der Waals surface area (Å²) in [5, 5.41) is 9.98. The van der Waals surface area contributed by atoms with Crippen LogP contribution >= 0.6 is 0 Å². The molecule has 0 aliphatic rings. The molecule has 0 amide bonds. The molecule has 2 N–H and O–H groups in total. The Labute approximate surface area is 72.8 Å². The number of nitrogens with one attached hydrogen (secondary N) is 2. The number of aromatic nitrogens is 3. The Kier molecular flexibility index (Phi) is 3.22. The highest BCUT2D eigenvalue weighted by atomic mass is 15.2. The van der Waals surface area contributed by atoms with E-state index >= 15 is 0 Å². The third kappa shape index (κ3) is 2.62. The average Bonchev–Trinajstić information content (AvgIpc) is 2.51. The molecule has 0 saturated carbocycles. The molecule has 4 nitrogen and oxygen atoms in total. The minimum atomic E-state index is 0.259. The quantitative estimate of drug-likeness (QED) is 0.708. The van der Waals surface area contributed by atoms with E-state index in [9.17, 15) is 0 Å². The van der Waals surface area contributed by atoms with Gasteiger partial charge in [0.2, 0.25) is 0 Å². The van der Waals surface area contributed by atoms with Crippen molar-refractivity contribution < 1.29 is 0 Å². The van der Waals surface area contributed by atoms with E-state index in [-0.39, 0.29) is 6.04 Å². The summed E-state index contributed by atoms with van der Waals surface area (Å²) in [5.41, 5.74) is 0. The van der Waals surface area contributed by atoms with Crippen LogP contribution in [0.4, 0.5) is 0 Å². The monoisotopic (exact) mass is 168 g/mol. The topological polar surface area (TPSA) is 53.6 Å². The van der Waals surface area contributed by atoms with E-state index in [1.54, 1.807) is 0 Å². The Balaban J connectivity index is 2.34. The molecule has 0 aliphatic heterocycles. The number of aromatic amines is 1. The van der Waals surface area contributed by atoms with Crippen LogP contribution in [0.25, 0.3) is 0 Å². The van der Waals surface area contributed by atoms with Crippen LogP contribution in [0.15, 0.2) is 6.33 Å². The van der Waals surface area contributed by atoms with Crippen LogP contribution in [0.5, 0.6) is 0 Å². The average molecular weight is 168 g/mol. The summed E-state index contributed by atoms with van der Waals surface area (Å²) < 4.78 is 0. The summed E-state index contributed by atoms with van der Waals surface area (Å²) in [6.07, 6.45) is 1.53. The molecule has 1 rings (SSSR count). The zero-order valence-electron chi connectivity index (χ0n) is 7.83. The molecule has 0 fully saturated rings. The molecule has 1 aromatic rings. The molecule has 1 heterocycles. The molecular weight excluding hydrogens is 152 g/mol. The second kappa shape index (κ2) is 4.21. The van der Waals surface area contributed by atoms with Crippen molar-refractivity contribution >= 4 is 0 Å². The van der Waals surface area contributed by atoms with Gasteiger partial charge in [0.1, 0.15) is 12.2 Å². The van der Waals surface area contributed by atoms with Crippen molar-refractivity contribution in [2.24, 2.45) is 5.92 Å². The summed E-state index contributed by atoms with van der Waals surface area (Å²) in [4.78, 5) is 4.06. The number of hydrogen-bond acceptors (Lipinski definition) is 3. The third-order valence-corrected chi connectivity index (χ3v) is 1.68. The van der Waals surface area contributed by atoms with E-state index in [4.69, 9.17) is 0 Å². The molecule has 0 aliphatic carbocycles. The van der Waals surface area contributed by atoms with Crippen LogP contribution in [-0.4, -0.2) is 21.7 Å². The van der Waals surface area contributed by atoms with Gasteiger partial charge in [0.05, 0.1) is 6.04 Å². The van der Waals surface area contributed by atoms with Gasteiger partial charge in [-0.1, -0.05) is 13.8 Å². The predicted molar refractivity (Wildman–Crippen MR) is 47.6 cm³/mol.